The van der Waals surface area contributed by atoms with Crippen molar-refractivity contribution in [1.82, 2.24) is 0 Å². The topological polar surface area (TPSA) is 210 Å². The molecule has 30 heavy (non-hydrogen) atoms. The second-order valence-corrected chi connectivity index (χ2v) is 13.0. The van der Waals surface area contributed by atoms with Crippen molar-refractivity contribution in [2.24, 2.45) is 23.7 Å². The summed E-state index contributed by atoms with van der Waals surface area (Å²) >= 11 is 1.81. The van der Waals surface area contributed by atoms with E-state index in [0.717, 1.165) is 0 Å². The van der Waals surface area contributed by atoms with Crippen LogP contribution in [-0.4, -0.2) is 77.5 Å². The number of carboxylic acids is 4. The Balaban J connectivity index is 6.52. The van der Waals surface area contributed by atoms with Crippen LogP contribution in [0.4, 0.5) is 0 Å². The van der Waals surface area contributed by atoms with Crippen LogP contribution in [-0.2, 0) is 19.2 Å². The highest BCUT2D eigenvalue weighted by Crippen LogP contribution is 2.49. The maximum atomic E-state index is 12.0. The molecule has 0 aliphatic rings. The number of carbonyl (C=O) groups is 4. The van der Waals surface area contributed by atoms with Gasteiger partial charge in [-0.1, -0.05) is 20.8 Å². The Morgan fingerprint density at radius 1 is 1.00 bits per heavy atom. The van der Waals surface area contributed by atoms with Gasteiger partial charge in [-0.3, -0.25) is 19.2 Å². The predicted molar refractivity (Wildman–Crippen MR) is 118 cm³/mol. The Labute approximate surface area is 190 Å². The molecular formula is C15H26BIO11PSi. The average Bonchev–Trinajstić information content (AvgIpc) is 2.55. The Bertz CT molecular complexity index is 661. The number of aliphatic carboxylic acids is 4. The summed E-state index contributed by atoms with van der Waals surface area (Å²) in [7, 11) is -5.41. The van der Waals surface area contributed by atoms with Crippen molar-refractivity contribution in [3.8, 4) is 0 Å². The van der Waals surface area contributed by atoms with E-state index >= 15 is 0 Å². The lowest BCUT2D eigenvalue weighted by atomic mass is 9.74. The molecule has 0 aromatic heterocycles. The summed E-state index contributed by atoms with van der Waals surface area (Å²) < 4.78 is 0. The molecule has 0 bridgehead atoms. The molecule has 11 nitrogen and oxygen atoms in total. The van der Waals surface area contributed by atoms with E-state index in [0.29, 0.717) is 0 Å². The van der Waals surface area contributed by atoms with Gasteiger partial charge in [0.15, 0.2) is 0 Å². The standard InChI is InChI=1S/C15H26BIO11PSi/c1-4-8(30(26,27)28)9(13(22)23)7(12(20)21)5-15(3,29-16-17)10(14(24)25)6(2)11(18)19/h6-10,26-29H,4-5H2,1-3H3,(H,18,19)(H,20,21)(H,22,23)(H,24,25). The number of halogens is 1. The van der Waals surface area contributed by atoms with Crippen molar-refractivity contribution in [1.29, 1.82) is 0 Å². The van der Waals surface area contributed by atoms with E-state index in [2.05, 4.69) is 0 Å². The number of hydrogen-bond donors (Lipinski definition) is 7. The molecule has 7 atom stereocenters. The van der Waals surface area contributed by atoms with E-state index < -0.39 is 73.5 Å². The van der Waals surface area contributed by atoms with Gasteiger partial charge in [-0.15, -0.1) is 8.46 Å². The molecule has 0 heterocycles. The second kappa shape index (κ2) is 11.7. The van der Waals surface area contributed by atoms with Crippen molar-refractivity contribution in [3.63, 3.8) is 0 Å². The van der Waals surface area contributed by atoms with Crippen LogP contribution in [0.3, 0.4) is 0 Å². The molecular weight excluding hydrogens is 553 g/mol. The Hall–Kier alpha value is -0.798. The maximum absolute atomic E-state index is 12.0. The third kappa shape index (κ3) is 7.41. The number of rotatable bonds is 14. The van der Waals surface area contributed by atoms with E-state index in [9.17, 15) is 54.0 Å². The molecule has 7 N–H and O–H groups in total. The van der Waals surface area contributed by atoms with E-state index in [1.54, 1.807) is 0 Å². The van der Waals surface area contributed by atoms with E-state index in [1.165, 1.54) is 25.6 Å². The monoisotopic (exact) mass is 579 g/mol. The van der Waals surface area contributed by atoms with Gasteiger partial charge in [-0.05, 0) is 18.0 Å². The SMILES string of the molecule is CCC(C(C(=O)O)C(CC(C)(P[B]I)C(C(=O)O)C(C)C(=O)O)C(=O)O)[Si](O)(O)O. The van der Waals surface area contributed by atoms with E-state index in [1.807, 2.05) is 22.4 Å². The molecule has 0 aromatic rings. The summed E-state index contributed by atoms with van der Waals surface area (Å²) in [6.07, 6.45) is -0.811. The zero-order valence-corrected chi connectivity index (χ0v) is 20.7. The molecule has 0 aliphatic heterocycles. The van der Waals surface area contributed by atoms with Crippen LogP contribution in [0.5, 0.6) is 0 Å². The molecule has 0 saturated carbocycles. The molecule has 0 rings (SSSR count). The molecule has 1 radical (unpaired) electrons. The maximum Gasteiger partial charge on any atom is 0.496 e. The van der Waals surface area contributed by atoms with Crippen LogP contribution < -0.4 is 0 Å². The Morgan fingerprint density at radius 3 is 1.77 bits per heavy atom. The fourth-order valence-corrected chi connectivity index (χ4v) is 8.48. The van der Waals surface area contributed by atoms with E-state index in [4.69, 9.17) is 0 Å². The summed E-state index contributed by atoms with van der Waals surface area (Å²) in [6, 6.07) is 0. The quantitative estimate of drug-likeness (QED) is 0.0846. The molecule has 0 fully saturated rings. The molecule has 171 valence electrons. The van der Waals surface area contributed by atoms with Gasteiger partial charge in [0.25, 0.3) is 0 Å². The molecule has 0 saturated heterocycles. The van der Waals surface area contributed by atoms with Crippen LogP contribution >= 0.6 is 30.8 Å². The van der Waals surface area contributed by atoms with Gasteiger partial charge in [-0.2, -0.15) is 22.4 Å². The highest BCUT2D eigenvalue weighted by Gasteiger charge is 2.54. The van der Waals surface area contributed by atoms with Crippen LogP contribution in [0, 0.1) is 23.7 Å². The first-order valence-corrected chi connectivity index (χ1v) is 13.1. The summed E-state index contributed by atoms with van der Waals surface area (Å²) in [5.74, 6) is -12.9. The van der Waals surface area contributed by atoms with Crippen LogP contribution in [0.2, 0.25) is 5.54 Å². The average molecular weight is 579 g/mol. The minimum atomic E-state index is -5.07. The van der Waals surface area contributed by atoms with Crippen LogP contribution in [0.25, 0.3) is 0 Å². The number of hydrogen-bond acceptors (Lipinski definition) is 7. The first-order chi connectivity index (χ1) is 13.5. The lowest BCUT2D eigenvalue weighted by Gasteiger charge is -2.41. The minimum Gasteiger partial charge on any atom is -0.481 e. The first kappa shape index (κ1) is 29.2. The summed E-state index contributed by atoms with van der Waals surface area (Å²) in [6.45, 7) is 3.90. The van der Waals surface area contributed by atoms with Crippen molar-refractivity contribution in [3.05, 3.63) is 0 Å². The van der Waals surface area contributed by atoms with Gasteiger partial charge in [0.1, 0.15) is 0 Å². The fraction of sp³-hybridized carbons (Fsp3) is 0.733. The highest BCUT2D eigenvalue weighted by molar-refractivity contribution is 14.1. The third-order valence-corrected chi connectivity index (χ3v) is 9.26. The molecule has 0 amide bonds. The molecule has 0 spiro atoms. The van der Waals surface area contributed by atoms with Crippen LogP contribution in [0.15, 0.2) is 0 Å². The Morgan fingerprint density at radius 2 is 1.50 bits per heavy atom. The van der Waals surface area contributed by atoms with Crippen molar-refractivity contribution in [2.45, 2.75) is 44.3 Å². The van der Waals surface area contributed by atoms with Crippen molar-refractivity contribution >= 4 is 68.4 Å². The lowest BCUT2D eigenvalue weighted by Crippen LogP contribution is -2.51. The Kier molecular flexibility index (Phi) is 11.4. The molecule has 0 aliphatic carbocycles. The van der Waals surface area contributed by atoms with Gasteiger partial charge in [-0.25, -0.2) is 0 Å². The zero-order valence-electron chi connectivity index (χ0n) is 16.5. The predicted octanol–water partition coefficient (Wildman–Crippen LogP) is 0.302. The summed E-state index contributed by atoms with van der Waals surface area (Å²) in [5, 5.41) is 36.9. The zero-order chi connectivity index (χ0) is 24.0. The molecule has 0 aromatic carbocycles. The molecule has 15 heteroatoms. The summed E-state index contributed by atoms with van der Waals surface area (Å²) in [5.41, 5.74) is -1.66. The van der Waals surface area contributed by atoms with Gasteiger partial charge >= 0.3 is 32.7 Å². The van der Waals surface area contributed by atoms with Gasteiger partial charge in [0.05, 0.1) is 23.7 Å². The van der Waals surface area contributed by atoms with Crippen molar-refractivity contribution in [2.75, 3.05) is 0 Å². The second-order valence-electron chi connectivity index (χ2n) is 7.33. The summed E-state index contributed by atoms with van der Waals surface area (Å²) in [4.78, 5) is 77.9. The van der Waals surface area contributed by atoms with Gasteiger partial charge in [0, 0.05) is 5.54 Å². The highest BCUT2D eigenvalue weighted by atomic mass is 127. The first-order valence-electron chi connectivity index (χ1n) is 8.83. The normalized spacial score (nSPS) is 19.3. The van der Waals surface area contributed by atoms with Crippen molar-refractivity contribution < 1.29 is 54.0 Å². The van der Waals surface area contributed by atoms with Gasteiger partial charge < -0.3 is 34.8 Å². The van der Waals surface area contributed by atoms with Crippen LogP contribution in [0.1, 0.15) is 33.6 Å². The fourth-order valence-electron chi connectivity index (χ4n) is 3.80. The van der Waals surface area contributed by atoms with E-state index in [-0.39, 0.29) is 14.9 Å². The number of carboxylic acid groups (broad SMARTS) is 4. The lowest BCUT2D eigenvalue weighted by molar-refractivity contribution is -0.158. The largest absolute Gasteiger partial charge is 0.496 e. The third-order valence-electron chi connectivity index (χ3n) is 5.28. The van der Waals surface area contributed by atoms with Gasteiger partial charge in [0.2, 0.25) is 4.86 Å². The minimum absolute atomic E-state index is 0.248. The smallest absolute Gasteiger partial charge is 0.481 e. The molecule has 7 unspecified atom stereocenters.